The van der Waals surface area contributed by atoms with E-state index in [0.717, 1.165) is 10.8 Å². The van der Waals surface area contributed by atoms with Crippen molar-refractivity contribution >= 4 is 44.8 Å². The number of phenols is 1. The molecule has 3 aromatic rings. The third-order valence-corrected chi connectivity index (χ3v) is 4.64. The summed E-state index contributed by atoms with van der Waals surface area (Å²) in [5, 5.41) is 15.7. The number of phenolic OH excluding ortho intramolecular Hbond substituents is 1. The molecular formula is C21H17BrN2O5. The predicted octanol–water partition coefficient (Wildman–Crippen LogP) is 3.62. The van der Waals surface area contributed by atoms with E-state index in [9.17, 15) is 14.7 Å². The fourth-order valence-electron chi connectivity index (χ4n) is 2.55. The number of esters is 1. The number of hydrogen-bond donors (Lipinski definition) is 2. The number of hydrazone groups is 1. The van der Waals surface area contributed by atoms with Crippen LogP contribution in [0.1, 0.15) is 15.9 Å². The maximum Gasteiger partial charge on any atom is 0.343 e. The minimum absolute atomic E-state index is 0.119. The van der Waals surface area contributed by atoms with Crippen LogP contribution in [0, 0.1) is 0 Å². The molecule has 3 rings (SSSR count). The Balaban J connectivity index is 1.66. The van der Waals surface area contributed by atoms with Crippen LogP contribution in [0.2, 0.25) is 0 Å². The van der Waals surface area contributed by atoms with E-state index in [1.165, 1.54) is 19.4 Å². The number of ether oxygens (including phenoxy) is 2. The van der Waals surface area contributed by atoms with Gasteiger partial charge in [-0.25, -0.2) is 10.2 Å². The second kappa shape index (κ2) is 9.20. The molecule has 0 aliphatic heterocycles. The van der Waals surface area contributed by atoms with Crippen molar-refractivity contribution in [2.75, 3.05) is 13.7 Å². The van der Waals surface area contributed by atoms with Gasteiger partial charge in [-0.2, -0.15) is 5.10 Å². The van der Waals surface area contributed by atoms with Crippen LogP contribution in [0.15, 0.2) is 64.2 Å². The van der Waals surface area contributed by atoms with Crippen molar-refractivity contribution in [3.05, 3.63) is 70.2 Å². The number of halogens is 1. The first-order valence-electron chi connectivity index (χ1n) is 8.52. The first kappa shape index (κ1) is 20.3. The standard InChI is InChI=1S/C21H17BrN2O5/c1-28-20(26)12-29-19-7-6-13(8-17(19)22)11-23-24-21(27)16-9-14-4-2-3-5-15(14)10-18(16)25/h2-11,25H,12H2,1H3,(H,24,27). The third-order valence-electron chi connectivity index (χ3n) is 4.02. The molecule has 0 fully saturated rings. The molecule has 0 unspecified atom stereocenters. The fourth-order valence-corrected chi connectivity index (χ4v) is 3.06. The summed E-state index contributed by atoms with van der Waals surface area (Å²) in [6.07, 6.45) is 1.45. The van der Waals surface area contributed by atoms with Crippen molar-refractivity contribution in [3.63, 3.8) is 0 Å². The van der Waals surface area contributed by atoms with Crippen LogP contribution in [0.4, 0.5) is 0 Å². The van der Waals surface area contributed by atoms with Gasteiger partial charge >= 0.3 is 5.97 Å². The van der Waals surface area contributed by atoms with Crippen LogP contribution in [-0.4, -0.2) is 36.9 Å². The molecule has 29 heavy (non-hydrogen) atoms. The van der Waals surface area contributed by atoms with E-state index in [-0.39, 0.29) is 17.9 Å². The molecule has 0 bridgehead atoms. The molecule has 0 heterocycles. The molecule has 0 aliphatic carbocycles. The van der Waals surface area contributed by atoms with Gasteiger partial charge in [-0.15, -0.1) is 0 Å². The number of rotatable bonds is 6. The summed E-state index contributed by atoms with van der Waals surface area (Å²) in [5.41, 5.74) is 3.22. The number of carbonyl (C=O) groups excluding carboxylic acids is 2. The average molecular weight is 457 g/mol. The van der Waals surface area contributed by atoms with E-state index in [1.54, 1.807) is 24.3 Å². The molecule has 0 saturated heterocycles. The van der Waals surface area contributed by atoms with Gasteiger partial charge < -0.3 is 14.6 Å². The van der Waals surface area contributed by atoms with Crippen molar-refractivity contribution in [2.45, 2.75) is 0 Å². The van der Waals surface area contributed by atoms with Gasteiger partial charge in [0.25, 0.3) is 5.91 Å². The molecule has 0 saturated carbocycles. The summed E-state index contributed by atoms with van der Waals surface area (Å²) in [5.74, 6) is -0.660. The van der Waals surface area contributed by atoms with Gasteiger partial charge in [0, 0.05) is 0 Å². The molecule has 2 N–H and O–H groups in total. The summed E-state index contributed by atoms with van der Waals surface area (Å²) in [4.78, 5) is 23.5. The van der Waals surface area contributed by atoms with Crippen LogP contribution < -0.4 is 10.2 Å². The molecule has 0 aromatic heterocycles. The van der Waals surface area contributed by atoms with E-state index < -0.39 is 11.9 Å². The zero-order chi connectivity index (χ0) is 20.8. The highest BCUT2D eigenvalue weighted by atomic mass is 79.9. The Morgan fingerprint density at radius 2 is 1.86 bits per heavy atom. The highest BCUT2D eigenvalue weighted by Crippen LogP contribution is 2.26. The van der Waals surface area contributed by atoms with E-state index in [1.807, 2.05) is 24.3 Å². The smallest absolute Gasteiger partial charge is 0.343 e. The Hall–Kier alpha value is -3.39. The normalized spacial score (nSPS) is 10.8. The Kier molecular flexibility index (Phi) is 6.46. The zero-order valence-corrected chi connectivity index (χ0v) is 17.0. The summed E-state index contributed by atoms with van der Waals surface area (Å²) < 4.78 is 10.5. The molecule has 7 nitrogen and oxygen atoms in total. The van der Waals surface area contributed by atoms with Gasteiger partial charge in [-0.05, 0) is 62.6 Å². The van der Waals surface area contributed by atoms with Crippen LogP contribution >= 0.6 is 15.9 Å². The van der Waals surface area contributed by atoms with E-state index in [0.29, 0.717) is 15.8 Å². The summed E-state index contributed by atoms with van der Waals surface area (Å²) in [6, 6.07) is 15.7. The Morgan fingerprint density at radius 1 is 1.14 bits per heavy atom. The lowest BCUT2D eigenvalue weighted by atomic mass is 10.1. The summed E-state index contributed by atoms with van der Waals surface area (Å²) in [7, 11) is 1.28. The molecule has 0 aliphatic rings. The highest BCUT2D eigenvalue weighted by molar-refractivity contribution is 9.10. The van der Waals surface area contributed by atoms with Crippen LogP contribution in [0.25, 0.3) is 10.8 Å². The van der Waals surface area contributed by atoms with E-state index in [4.69, 9.17) is 4.74 Å². The Labute approximate surface area is 175 Å². The van der Waals surface area contributed by atoms with Gasteiger partial charge in [0.2, 0.25) is 0 Å². The van der Waals surface area contributed by atoms with Crippen molar-refractivity contribution in [3.8, 4) is 11.5 Å². The van der Waals surface area contributed by atoms with Gasteiger partial charge in [0.1, 0.15) is 11.5 Å². The summed E-state index contributed by atoms with van der Waals surface area (Å²) in [6.45, 7) is -0.201. The number of benzene rings is 3. The Bertz CT molecular complexity index is 1100. The molecule has 0 radical (unpaired) electrons. The second-order valence-electron chi connectivity index (χ2n) is 5.97. The molecule has 148 valence electrons. The zero-order valence-electron chi connectivity index (χ0n) is 15.4. The minimum atomic E-state index is -0.526. The van der Waals surface area contributed by atoms with Gasteiger partial charge in [-0.1, -0.05) is 24.3 Å². The van der Waals surface area contributed by atoms with Crippen molar-refractivity contribution < 1.29 is 24.2 Å². The number of amides is 1. The van der Waals surface area contributed by atoms with Gasteiger partial charge in [-0.3, -0.25) is 4.79 Å². The molecular weight excluding hydrogens is 440 g/mol. The first-order valence-corrected chi connectivity index (χ1v) is 9.31. The lowest BCUT2D eigenvalue weighted by Crippen LogP contribution is -2.17. The number of nitrogens with one attached hydrogen (secondary N) is 1. The SMILES string of the molecule is COC(=O)COc1ccc(C=NNC(=O)c2cc3ccccc3cc2O)cc1Br. The number of methoxy groups -OCH3 is 1. The molecule has 0 atom stereocenters. The first-order chi connectivity index (χ1) is 14.0. The van der Waals surface area contributed by atoms with Crippen molar-refractivity contribution in [1.29, 1.82) is 0 Å². The maximum atomic E-state index is 12.3. The largest absolute Gasteiger partial charge is 0.507 e. The molecule has 3 aromatic carbocycles. The number of nitrogens with zero attached hydrogens (tertiary/aromatic N) is 1. The number of aromatic hydroxyl groups is 1. The van der Waals surface area contributed by atoms with Crippen LogP contribution in [0.3, 0.4) is 0 Å². The van der Waals surface area contributed by atoms with E-state index >= 15 is 0 Å². The van der Waals surface area contributed by atoms with Crippen LogP contribution in [0.5, 0.6) is 11.5 Å². The number of hydrogen-bond acceptors (Lipinski definition) is 6. The van der Waals surface area contributed by atoms with Crippen molar-refractivity contribution in [1.82, 2.24) is 5.43 Å². The van der Waals surface area contributed by atoms with E-state index in [2.05, 4.69) is 31.2 Å². The predicted molar refractivity (Wildman–Crippen MR) is 112 cm³/mol. The average Bonchev–Trinajstić information content (AvgIpc) is 2.72. The minimum Gasteiger partial charge on any atom is -0.507 e. The molecule has 1 amide bonds. The lowest BCUT2D eigenvalue weighted by molar-refractivity contribution is -0.142. The van der Waals surface area contributed by atoms with Gasteiger partial charge in [0.05, 0.1) is 23.4 Å². The van der Waals surface area contributed by atoms with Crippen LogP contribution in [-0.2, 0) is 9.53 Å². The third kappa shape index (κ3) is 5.11. The quantitative estimate of drug-likeness (QED) is 0.335. The lowest BCUT2D eigenvalue weighted by Gasteiger charge is -2.07. The van der Waals surface area contributed by atoms with Crippen molar-refractivity contribution in [2.24, 2.45) is 5.10 Å². The summed E-state index contributed by atoms with van der Waals surface area (Å²) >= 11 is 3.35. The maximum absolute atomic E-state index is 12.3. The Morgan fingerprint density at radius 3 is 2.55 bits per heavy atom. The molecule has 8 heteroatoms. The second-order valence-corrected chi connectivity index (χ2v) is 6.82. The number of carbonyl (C=O) groups is 2. The molecule has 0 spiro atoms. The monoisotopic (exact) mass is 456 g/mol. The topological polar surface area (TPSA) is 97.2 Å². The highest BCUT2D eigenvalue weighted by Gasteiger charge is 2.12. The number of fused-ring (bicyclic) bond motifs is 1. The van der Waals surface area contributed by atoms with Gasteiger partial charge in [0.15, 0.2) is 6.61 Å². The fraction of sp³-hybridized carbons (Fsp3) is 0.0952.